The lowest BCUT2D eigenvalue weighted by Gasteiger charge is -2.28. The van der Waals surface area contributed by atoms with E-state index in [0.29, 0.717) is 18.2 Å². The van der Waals surface area contributed by atoms with Crippen LogP contribution < -0.4 is 9.41 Å². The quantitative estimate of drug-likeness (QED) is 0.366. The number of hydrogen-bond acceptors (Lipinski definition) is 6. The van der Waals surface area contributed by atoms with Gasteiger partial charge in [0.15, 0.2) is 5.75 Å². The number of alkyl halides is 3. The largest absolute Gasteiger partial charge is 0.733 e. The molecule has 19 heavy (non-hydrogen) atoms. The molecule has 0 N–H and O–H groups in total. The predicted molar refractivity (Wildman–Crippen MR) is 54.9 cm³/mol. The zero-order chi connectivity index (χ0) is 14.8. The molecule has 0 fully saturated rings. The van der Waals surface area contributed by atoms with E-state index < -0.39 is 32.9 Å². The molecule has 0 bridgehead atoms. The zero-order valence-electron chi connectivity index (χ0n) is 9.14. The standard InChI is InChI=1S/C8H6F4NO5S/c1-17-13(14)6-3-2-5(9)4-7(6)18-19(15,16)8(10,11)12/h2-4H,1H3/q-1. The van der Waals surface area contributed by atoms with Gasteiger partial charge in [-0.05, 0) is 12.1 Å². The summed E-state index contributed by atoms with van der Waals surface area (Å²) in [6.07, 6.45) is 0. The first kappa shape index (κ1) is 15.5. The normalized spacial score (nSPS) is 12.3. The number of nitrogens with zero attached hydrogens (tertiary/aromatic N) is 1. The molecule has 0 heterocycles. The fraction of sp³-hybridized carbons (Fsp3) is 0.250. The second kappa shape index (κ2) is 5.19. The number of benzene rings is 1. The summed E-state index contributed by atoms with van der Waals surface area (Å²) in [6, 6.07) is 1.72. The Labute approximate surface area is 104 Å². The molecular formula is C8H6F4NO5S-. The predicted octanol–water partition coefficient (Wildman–Crippen LogP) is 1.92. The Hall–Kier alpha value is -1.59. The van der Waals surface area contributed by atoms with Crippen LogP contribution in [0.5, 0.6) is 5.75 Å². The monoisotopic (exact) mass is 304 g/mol. The minimum absolute atomic E-state index is 0.308. The van der Waals surface area contributed by atoms with Crippen LogP contribution in [-0.4, -0.2) is 21.0 Å². The molecule has 0 radical (unpaired) electrons. The third-order valence-corrected chi connectivity index (χ3v) is 2.73. The number of halogens is 4. The minimum Gasteiger partial charge on any atom is -0.733 e. The van der Waals surface area contributed by atoms with Crippen molar-refractivity contribution in [3.63, 3.8) is 0 Å². The van der Waals surface area contributed by atoms with E-state index in [1.807, 2.05) is 0 Å². The van der Waals surface area contributed by atoms with E-state index in [0.717, 1.165) is 7.11 Å². The molecule has 11 heteroatoms. The van der Waals surface area contributed by atoms with E-state index in [-0.39, 0.29) is 5.23 Å². The summed E-state index contributed by atoms with van der Waals surface area (Å²) in [5.41, 5.74) is -6.45. The molecular weight excluding hydrogens is 298 g/mol. The number of hydrogen-bond donors (Lipinski definition) is 0. The van der Waals surface area contributed by atoms with Crippen molar-refractivity contribution in [1.82, 2.24) is 0 Å². The van der Waals surface area contributed by atoms with Gasteiger partial charge >= 0.3 is 15.6 Å². The van der Waals surface area contributed by atoms with Crippen LogP contribution in [0.2, 0.25) is 0 Å². The minimum atomic E-state index is -6.02. The van der Waals surface area contributed by atoms with Crippen LogP contribution in [0.15, 0.2) is 18.2 Å². The highest BCUT2D eigenvalue weighted by Gasteiger charge is 2.48. The summed E-state index contributed by atoms with van der Waals surface area (Å²) in [5.74, 6) is -2.24. The summed E-state index contributed by atoms with van der Waals surface area (Å²) < 4.78 is 74.4. The highest BCUT2D eigenvalue weighted by molar-refractivity contribution is 7.88. The van der Waals surface area contributed by atoms with Gasteiger partial charge in [0.05, 0.1) is 12.8 Å². The second-order valence-electron chi connectivity index (χ2n) is 3.03. The van der Waals surface area contributed by atoms with Gasteiger partial charge in [0, 0.05) is 6.07 Å². The molecule has 0 aliphatic carbocycles. The fourth-order valence-electron chi connectivity index (χ4n) is 0.969. The van der Waals surface area contributed by atoms with Crippen LogP contribution >= 0.6 is 0 Å². The van der Waals surface area contributed by atoms with Crippen LogP contribution in [0.1, 0.15) is 0 Å². The molecule has 0 aliphatic heterocycles. The Bertz CT molecular complexity index is 559. The Morgan fingerprint density at radius 3 is 2.37 bits per heavy atom. The molecule has 108 valence electrons. The van der Waals surface area contributed by atoms with Crippen molar-refractivity contribution < 1.29 is 35.0 Å². The molecule has 1 aromatic carbocycles. The Morgan fingerprint density at radius 2 is 1.89 bits per heavy atom. The highest BCUT2D eigenvalue weighted by Crippen LogP contribution is 2.33. The first-order valence-electron chi connectivity index (χ1n) is 4.40. The molecule has 0 aliphatic rings. The highest BCUT2D eigenvalue weighted by atomic mass is 32.2. The van der Waals surface area contributed by atoms with Crippen molar-refractivity contribution in [1.29, 1.82) is 0 Å². The molecule has 0 spiro atoms. The molecule has 0 saturated carbocycles. The molecule has 1 aromatic rings. The molecule has 0 amide bonds. The Balaban J connectivity index is 3.24. The van der Waals surface area contributed by atoms with Gasteiger partial charge in [-0.3, -0.25) is 4.84 Å². The average molecular weight is 304 g/mol. The summed E-state index contributed by atoms with van der Waals surface area (Å²) in [4.78, 5) is 4.12. The third kappa shape index (κ3) is 3.45. The fourth-order valence-corrected chi connectivity index (χ4v) is 1.43. The van der Waals surface area contributed by atoms with Gasteiger partial charge in [0.2, 0.25) is 0 Å². The van der Waals surface area contributed by atoms with E-state index in [1.54, 1.807) is 0 Å². The molecule has 0 aromatic heterocycles. The zero-order valence-corrected chi connectivity index (χ0v) is 9.96. The Morgan fingerprint density at radius 1 is 1.32 bits per heavy atom. The lowest BCUT2D eigenvalue weighted by molar-refractivity contribution is -0.0500. The van der Waals surface area contributed by atoms with E-state index in [4.69, 9.17) is 0 Å². The van der Waals surface area contributed by atoms with Crippen molar-refractivity contribution in [3.8, 4) is 5.75 Å². The van der Waals surface area contributed by atoms with Crippen molar-refractivity contribution >= 4 is 15.8 Å². The van der Waals surface area contributed by atoms with Gasteiger partial charge in [-0.15, -0.1) is 0 Å². The smallest absolute Gasteiger partial charge is 0.534 e. The van der Waals surface area contributed by atoms with Crippen LogP contribution in [0.3, 0.4) is 0 Å². The first-order chi connectivity index (χ1) is 8.58. The van der Waals surface area contributed by atoms with Crippen LogP contribution in [-0.2, 0) is 15.0 Å². The van der Waals surface area contributed by atoms with Crippen molar-refractivity contribution in [2.24, 2.45) is 0 Å². The molecule has 0 atom stereocenters. The van der Waals surface area contributed by atoms with E-state index in [9.17, 15) is 31.2 Å². The van der Waals surface area contributed by atoms with Gasteiger partial charge in [-0.2, -0.15) is 21.6 Å². The lowest BCUT2D eigenvalue weighted by Crippen LogP contribution is -2.28. The van der Waals surface area contributed by atoms with Gasteiger partial charge in [0.1, 0.15) is 5.82 Å². The Kier molecular flexibility index (Phi) is 4.22. The van der Waals surface area contributed by atoms with E-state index >= 15 is 0 Å². The SMILES string of the molecule is CON([O-])c1ccc(F)cc1OS(=O)(=O)C(F)(F)F. The summed E-state index contributed by atoms with van der Waals surface area (Å²) in [5, 5.41) is 10.8. The average Bonchev–Trinajstić information content (AvgIpc) is 2.26. The number of rotatable bonds is 4. The van der Waals surface area contributed by atoms with Gasteiger partial charge in [-0.1, -0.05) is 0 Å². The molecule has 0 saturated heterocycles. The van der Waals surface area contributed by atoms with Gasteiger partial charge in [-0.25, -0.2) is 4.39 Å². The maximum atomic E-state index is 12.9. The van der Waals surface area contributed by atoms with E-state index in [2.05, 4.69) is 9.02 Å². The van der Waals surface area contributed by atoms with E-state index in [1.165, 1.54) is 0 Å². The van der Waals surface area contributed by atoms with Crippen LogP contribution in [0.25, 0.3) is 0 Å². The topological polar surface area (TPSA) is 78.9 Å². The number of anilines is 1. The van der Waals surface area contributed by atoms with Gasteiger partial charge in [0.25, 0.3) is 0 Å². The summed E-state index contributed by atoms with van der Waals surface area (Å²) in [6.45, 7) is 0. The molecule has 6 nitrogen and oxygen atoms in total. The maximum absolute atomic E-state index is 12.9. The van der Waals surface area contributed by atoms with Gasteiger partial charge < -0.3 is 14.6 Å². The van der Waals surface area contributed by atoms with Crippen molar-refractivity contribution in [3.05, 3.63) is 29.2 Å². The summed E-state index contributed by atoms with van der Waals surface area (Å²) in [7, 11) is -5.15. The molecule has 1 rings (SSSR count). The van der Waals surface area contributed by atoms with Crippen LogP contribution in [0, 0.1) is 11.0 Å². The summed E-state index contributed by atoms with van der Waals surface area (Å²) >= 11 is 0. The third-order valence-electron chi connectivity index (χ3n) is 1.77. The molecule has 0 unspecified atom stereocenters. The van der Waals surface area contributed by atoms with Crippen molar-refractivity contribution in [2.75, 3.05) is 12.3 Å². The van der Waals surface area contributed by atoms with Crippen molar-refractivity contribution in [2.45, 2.75) is 5.51 Å². The maximum Gasteiger partial charge on any atom is 0.534 e. The lowest BCUT2D eigenvalue weighted by atomic mass is 10.3. The van der Waals surface area contributed by atoms with Crippen LogP contribution in [0.4, 0.5) is 23.2 Å². The second-order valence-corrected chi connectivity index (χ2v) is 4.57. The first-order valence-corrected chi connectivity index (χ1v) is 5.81.